The van der Waals surface area contributed by atoms with Gasteiger partial charge in [0.15, 0.2) is 0 Å². The summed E-state index contributed by atoms with van der Waals surface area (Å²) in [6, 6.07) is 19.5. The summed E-state index contributed by atoms with van der Waals surface area (Å²) in [6.07, 6.45) is 4.20. The Kier molecular flexibility index (Phi) is 7.51. The Bertz CT molecular complexity index is 1650. The van der Waals surface area contributed by atoms with Crippen molar-refractivity contribution in [3.63, 3.8) is 0 Å². The molecule has 0 saturated carbocycles. The molecule has 2 amide bonds. The van der Waals surface area contributed by atoms with Crippen molar-refractivity contribution in [2.45, 2.75) is 4.90 Å². The van der Waals surface area contributed by atoms with Gasteiger partial charge in [-0.2, -0.15) is 4.36 Å². The maximum Gasteiger partial charge on any atom is 0.286 e. The lowest BCUT2D eigenvalue weighted by Gasteiger charge is -2.07. The molecule has 3 aromatic carbocycles. The van der Waals surface area contributed by atoms with Crippen LogP contribution in [0.2, 0.25) is 0 Å². The number of carbonyl (C=O) groups is 2. The van der Waals surface area contributed by atoms with Crippen molar-refractivity contribution in [3.05, 3.63) is 125 Å². The van der Waals surface area contributed by atoms with Crippen LogP contribution in [-0.4, -0.2) is 27.3 Å². The summed E-state index contributed by atoms with van der Waals surface area (Å²) in [6.45, 7) is 0. The van der Waals surface area contributed by atoms with Crippen LogP contribution in [0.4, 0.5) is 14.5 Å². The van der Waals surface area contributed by atoms with E-state index in [1.54, 1.807) is 54.6 Å². The van der Waals surface area contributed by atoms with Gasteiger partial charge in [0.05, 0.1) is 15.3 Å². The summed E-state index contributed by atoms with van der Waals surface area (Å²) in [4.78, 5) is 29.3. The van der Waals surface area contributed by atoms with Gasteiger partial charge in [-0.1, -0.05) is 36.1 Å². The van der Waals surface area contributed by atoms with Gasteiger partial charge in [-0.3, -0.25) is 14.6 Å². The maximum absolute atomic E-state index is 13.8. The topological polar surface area (TPSA) is 88.5 Å². The highest BCUT2D eigenvalue weighted by Crippen LogP contribution is 2.16. The van der Waals surface area contributed by atoms with Crippen molar-refractivity contribution < 1.29 is 22.6 Å². The van der Waals surface area contributed by atoms with Gasteiger partial charge < -0.3 is 5.32 Å². The third-order valence-corrected chi connectivity index (χ3v) is 6.77. The van der Waals surface area contributed by atoms with Gasteiger partial charge >= 0.3 is 0 Å². The smallest absolute Gasteiger partial charge is 0.286 e. The SMILES string of the molecule is CS(=O)(=NC(=O)c1cncc(C#Cc2ccc(NC(=O)c3c(F)cccc3F)cc2)c1)c1ccccc1. The molecule has 1 N–H and O–H groups in total. The number of pyridine rings is 1. The minimum absolute atomic E-state index is 0.149. The minimum atomic E-state index is -2.92. The van der Waals surface area contributed by atoms with E-state index in [-0.39, 0.29) is 5.56 Å². The molecule has 0 spiro atoms. The molecule has 0 aliphatic carbocycles. The second kappa shape index (κ2) is 10.9. The number of carbonyl (C=O) groups excluding carboxylic acids is 2. The van der Waals surface area contributed by atoms with E-state index in [9.17, 15) is 22.6 Å². The molecule has 4 aromatic rings. The second-order valence-electron chi connectivity index (χ2n) is 7.85. The molecule has 0 bridgehead atoms. The lowest BCUT2D eigenvalue weighted by atomic mass is 10.1. The molecule has 37 heavy (non-hydrogen) atoms. The Balaban J connectivity index is 1.48. The zero-order valence-electron chi connectivity index (χ0n) is 19.4. The van der Waals surface area contributed by atoms with Crippen LogP contribution >= 0.6 is 0 Å². The molecule has 1 heterocycles. The van der Waals surface area contributed by atoms with Gasteiger partial charge in [-0.25, -0.2) is 13.0 Å². The lowest BCUT2D eigenvalue weighted by molar-refractivity contribution is 0.0999. The molecule has 4 rings (SSSR count). The average molecular weight is 516 g/mol. The Morgan fingerprint density at radius 1 is 0.865 bits per heavy atom. The van der Waals surface area contributed by atoms with E-state index in [4.69, 9.17) is 0 Å². The molecule has 0 aliphatic heterocycles. The Labute approximate surface area is 212 Å². The molecule has 0 radical (unpaired) electrons. The molecule has 1 unspecified atom stereocenters. The zero-order valence-corrected chi connectivity index (χ0v) is 20.3. The first-order chi connectivity index (χ1) is 17.7. The fourth-order valence-electron chi connectivity index (χ4n) is 3.25. The van der Waals surface area contributed by atoms with Gasteiger partial charge in [0, 0.05) is 40.4 Å². The number of amides is 2. The summed E-state index contributed by atoms with van der Waals surface area (Å²) in [5.41, 5.74) is 0.835. The normalized spacial score (nSPS) is 12.0. The van der Waals surface area contributed by atoms with Gasteiger partial charge in [0.1, 0.15) is 17.2 Å². The number of halogens is 2. The standard InChI is InChI=1S/C28H19F2N3O3S/c1-37(36,23-6-3-2-4-7-23)33-27(34)21-16-20(17-31-18-21)11-10-19-12-14-22(15-13-19)32-28(35)26-24(29)8-5-9-25(26)30/h2-9,12-18H,1H3,(H,32,35). The van der Waals surface area contributed by atoms with Crippen molar-refractivity contribution in [3.8, 4) is 11.8 Å². The number of aromatic nitrogens is 1. The first-order valence-electron chi connectivity index (χ1n) is 10.9. The van der Waals surface area contributed by atoms with E-state index in [1.165, 1.54) is 30.8 Å². The van der Waals surface area contributed by atoms with Crippen LogP contribution in [0, 0.1) is 23.5 Å². The van der Waals surface area contributed by atoms with Crippen molar-refractivity contribution in [2.75, 3.05) is 11.6 Å². The highest BCUT2D eigenvalue weighted by atomic mass is 32.2. The van der Waals surface area contributed by atoms with Crippen molar-refractivity contribution in [1.29, 1.82) is 0 Å². The highest BCUT2D eigenvalue weighted by molar-refractivity contribution is 7.93. The number of nitrogens with zero attached hydrogens (tertiary/aromatic N) is 2. The molecule has 184 valence electrons. The summed E-state index contributed by atoms with van der Waals surface area (Å²) in [5, 5.41) is 2.44. The molecule has 1 aromatic heterocycles. The Morgan fingerprint density at radius 2 is 1.51 bits per heavy atom. The molecule has 0 fully saturated rings. The monoisotopic (exact) mass is 515 g/mol. The predicted molar refractivity (Wildman–Crippen MR) is 137 cm³/mol. The minimum Gasteiger partial charge on any atom is -0.322 e. The van der Waals surface area contributed by atoms with Crippen LogP contribution in [0.3, 0.4) is 0 Å². The molecule has 6 nitrogen and oxygen atoms in total. The third-order valence-electron chi connectivity index (χ3n) is 5.11. The van der Waals surface area contributed by atoms with E-state index in [0.717, 1.165) is 12.1 Å². The number of benzene rings is 3. The van der Waals surface area contributed by atoms with Gasteiger partial charge in [0.2, 0.25) is 0 Å². The molecule has 0 saturated heterocycles. The van der Waals surface area contributed by atoms with E-state index in [1.807, 2.05) is 0 Å². The second-order valence-corrected chi connectivity index (χ2v) is 10.1. The van der Waals surface area contributed by atoms with Crippen molar-refractivity contribution in [1.82, 2.24) is 4.98 Å². The molecular weight excluding hydrogens is 496 g/mol. The summed E-state index contributed by atoms with van der Waals surface area (Å²) < 4.78 is 44.4. The number of hydrogen-bond donors (Lipinski definition) is 1. The van der Waals surface area contributed by atoms with Gasteiger partial charge in [-0.05, 0) is 54.6 Å². The fourth-order valence-corrected chi connectivity index (χ4v) is 4.44. The van der Waals surface area contributed by atoms with Crippen molar-refractivity contribution >= 4 is 27.2 Å². The highest BCUT2D eigenvalue weighted by Gasteiger charge is 2.17. The van der Waals surface area contributed by atoms with Gasteiger partial charge in [-0.15, -0.1) is 0 Å². The molecule has 0 aliphatic rings. The number of hydrogen-bond acceptors (Lipinski definition) is 4. The van der Waals surface area contributed by atoms with Crippen LogP contribution in [0.5, 0.6) is 0 Å². The van der Waals surface area contributed by atoms with E-state index in [0.29, 0.717) is 21.7 Å². The van der Waals surface area contributed by atoms with Crippen LogP contribution in [0.1, 0.15) is 31.8 Å². The van der Waals surface area contributed by atoms with Crippen LogP contribution in [-0.2, 0) is 9.73 Å². The molecule has 1 atom stereocenters. The fraction of sp³-hybridized carbons (Fsp3) is 0.0357. The van der Waals surface area contributed by atoms with E-state index >= 15 is 0 Å². The summed E-state index contributed by atoms with van der Waals surface area (Å²) >= 11 is 0. The zero-order chi connectivity index (χ0) is 26.4. The average Bonchev–Trinajstić information content (AvgIpc) is 2.88. The maximum atomic E-state index is 13.8. The third kappa shape index (κ3) is 6.31. The summed E-state index contributed by atoms with van der Waals surface area (Å²) in [7, 11) is -2.92. The number of nitrogens with one attached hydrogen (secondary N) is 1. The molecular formula is C28H19F2N3O3S. The quantitative estimate of drug-likeness (QED) is 0.373. The first-order valence-corrected chi connectivity index (χ1v) is 12.8. The Morgan fingerprint density at radius 3 is 2.19 bits per heavy atom. The summed E-state index contributed by atoms with van der Waals surface area (Å²) in [5.74, 6) is 2.31. The van der Waals surface area contributed by atoms with Crippen molar-refractivity contribution in [2.24, 2.45) is 4.36 Å². The lowest BCUT2D eigenvalue weighted by Crippen LogP contribution is -2.15. The van der Waals surface area contributed by atoms with Crippen LogP contribution in [0.25, 0.3) is 0 Å². The predicted octanol–water partition coefficient (Wildman–Crippen LogP) is 5.31. The van der Waals surface area contributed by atoms with E-state index < -0.39 is 38.7 Å². The van der Waals surface area contributed by atoms with Crippen LogP contribution in [0.15, 0.2) is 101 Å². The van der Waals surface area contributed by atoms with Gasteiger partial charge in [0.25, 0.3) is 11.8 Å². The number of anilines is 1. The largest absolute Gasteiger partial charge is 0.322 e. The molecule has 9 heteroatoms. The first kappa shape index (κ1) is 25.4. The van der Waals surface area contributed by atoms with Crippen LogP contribution < -0.4 is 5.32 Å². The Hall–Kier alpha value is -4.68. The van der Waals surface area contributed by atoms with E-state index in [2.05, 4.69) is 26.5 Å². The number of rotatable bonds is 4.